The average Bonchev–Trinajstić information content (AvgIpc) is 2.31. The maximum absolute atomic E-state index is 10.9. The molecule has 0 bridgehead atoms. The Kier molecular flexibility index (Phi) is 2.96. The van der Waals surface area contributed by atoms with Gasteiger partial charge in [0, 0.05) is 12.0 Å². The summed E-state index contributed by atoms with van der Waals surface area (Å²) in [5.41, 5.74) is 2.03. The van der Waals surface area contributed by atoms with E-state index in [0.29, 0.717) is 17.9 Å². The lowest BCUT2D eigenvalue weighted by Crippen LogP contribution is -2.09. The SMILES string of the molecule is O=C1CSN=C1CC=CCl. The summed E-state index contributed by atoms with van der Waals surface area (Å²) < 4.78 is 3.93. The van der Waals surface area contributed by atoms with Gasteiger partial charge in [0.25, 0.3) is 0 Å². The van der Waals surface area contributed by atoms with Crippen LogP contribution in [0.5, 0.6) is 0 Å². The van der Waals surface area contributed by atoms with Crippen molar-refractivity contribution in [3.05, 3.63) is 11.6 Å². The van der Waals surface area contributed by atoms with Gasteiger partial charge in [0.05, 0.1) is 11.5 Å². The predicted octanol–water partition coefficient (Wildman–Crippen LogP) is 1.80. The number of allylic oxidation sites excluding steroid dienone is 1. The Bertz CT molecular complexity index is 200. The van der Waals surface area contributed by atoms with E-state index in [4.69, 9.17) is 11.6 Å². The van der Waals surface area contributed by atoms with Crippen LogP contribution in [0.2, 0.25) is 0 Å². The van der Waals surface area contributed by atoms with Crippen LogP contribution in [0.3, 0.4) is 0 Å². The van der Waals surface area contributed by atoms with Crippen molar-refractivity contribution in [3.8, 4) is 0 Å². The van der Waals surface area contributed by atoms with Crippen molar-refractivity contribution < 1.29 is 4.79 Å². The van der Waals surface area contributed by atoms with Crippen LogP contribution < -0.4 is 0 Å². The molecule has 2 nitrogen and oxygen atoms in total. The number of ketones is 1. The van der Waals surface area contributed by atoms with Crippen LogP contribution in [0.4, 0.5) is 0 Å². The Morgan fingerprint density at radius 3 is 3.10 bits per heavy atom. The van der Waals surface area contributed by atoms with E-state index in [-0.39, 0.29) is 5.78 Å². The third-order valence-corrected chi connectivity index (χ3v) is 2.01. The number of hydrogen-bond acceptors (Lipinski definition) is 3. The molecule has 0 amide bonds. The number of nitrogens with zero attached hydrogens (tertiary/aromatic N) is 1. The molecule has 0 radical (unpaired) electrons. The van der Waals surface area contributed by atoms with Gasteiger partial charge in [-0.3, -0.25) is 4.79 Å². The zero-order chi connectivity index (χ0) is 7.40. The van der Waals surface area contributed by atoms with Crippen molar-refractivity contribution in [2.75, 3.05) is 5.75 Å². The van der Waals surface area contributed by atoms with Crippen LogP contribution in [0.1, 0.15) is 6.42 Å². The topological polar surface area (TPSA) is 29.4 Å². The number of rotatable bonds is 2. The molecule has 1 aliphatic rings. The van der Waals surface area contributed by atoms with Crippen LogP contribution in [0.15, 0.2) is 16.0 Å². The van der Waals surface area contributed by atoms with Crippen LogP contribution >= 0.6 is 23.5 Å². The maximum atomic E-state index is 10.9. The summed E-state index contributed by atoms with van der Waals surface area (Å²) in [6.45, 7) is 0. The van der Waals surface area contributed by atoms with Gasteiger partial charge in [0.2, 0.25) is 0 Å². The standard InChI is InChI=1S/C6H6ClNOS/c7-3-1-2-5-6(9)4-10-8-5/h1,3H,2,4H2. The number of carbonyl (C=O) groups excluding carboxylic acids is 1. The Morgan fingerprint density at radius 1 is 1.80 bits per heavy atom. The monoisotopic (exact) mass is 175 g/mol. The van der Waals surface area contributed by atoms with Crippen molar-refractivity contribution >= 4 is 35.0 Å². The summed E-state index contributed by atoms with van der Waals surface area (Å²) >= 11 is 6.58. The first-order valence-electron chi connectivity index (χ1n) is 2.82. The normalized spacial score (nSPS) is 18.5. The van der Waals surface area contributed by atoms with Gasteiger partial charge in [-0.15, -0.1) is 0 Å². The lowest BCUT2D eigenvalue weighted by atomic mass is 10.2. The highest BCUT2D eigenvalue weighted by Gasteiger charge is 2.15. The first-order valence-corrected chi connectivity index (χ1v) is 4.19. The highest BCUT2D eigenvalue weighted by Crippen LogP contribution is 2.13. The van der Waals surface area contributed by atoms with Crippen LogP contribution in [0.25, 0.3) is 0 Å². The van der Waals surface area contributed by atoms with E-state index in [2.05, 4.69) is 4.40 Å². The molecule has 0 spiro atoms. The fourth-order valence-corrected chi connectivity index (χ4v) is 1.38. The molecule has 1 heterocycles. The number of halogens is 1. The zero-order valence-corrected chi connectivity index (χ0v) is 6.78. The molecule has 0 aromatic carbocycles. The maximum Gasteiger partial charge on any atom is 0.189 e. The van der Waals surface area contributed by atoms with E-state index < -0.39 is 0 Å². The number of hydrogen-bond donors (Lipinski definition) is 0. The molecule has 0 aromatic rings. The van der Waals surface area contributed by atoms with Crippen LogP contribution in [-0.2, 0) is 4.79 Å². The Balaban J connectivity index is 2.47. The lowest BCUT2D eigenvalue weighted by Gasteiger charge is -1.87. The highest BCUT2D eigenvalue weighted by molar-refractivity contribution is 7.99. The molecule has 54 valence electrons. The molecular formula is C6H6ClNOS. The van der Waals surface area contributed by atoms with E-state index in [1.807, 2.05) is 0 Å². The number of carbonyl (C=O) groups is 1. The van der Waals surface area contributed by atoms with Gasteiger partial charge in [-0.1, -0.05) is 17.7 Å². The smallest absolute Gasteiger partial charge is 0.189 e. The van der Waals surface area contributed by atoms with Crippen molar-refractivity contribution in [2.45, 2.75) is 6.42 Å². The number of Topliss-reactive ketones (excluding diaryl/α,β-unsaturated/α-hetero) is 1. The Morgan fingerprint density at radius 2 is 2.60 bits per heavy atom. The second-order valence-electron chi connectivity index (χ2n) is 1.80. The molecule has 0 aliphatic carbocycles. The molecule has 1 aliphatic heterocycles. The van der Waals surface area contributed by atoms with Crippen molar-refractivity contribution in [1.29, 1.82) is 0 Å². The molecular weight excluding hydrogens is 170 g/mol. The van der Waals surface area contributed by atoms with E-state index in [1.54, 1.807) is 6.08 Å². The minimum Gasteiger partial charge on any atom is -0.292 e. The average molecular weight is 176 g/mol. The molecule has 0 unspecified atom stereocenters. The molecule has 0 saturated carbocycles. The van der Waals surface area contributed by atoms with E-state index in [0.717, 1.165) is 0 Å². The van der Waals surface area contributed by atoms with Crippen molar-refractivity contribution in [1.82, 2.24) is 0 Å². The first kappa shape index (κ1) is 7.82. The summed E-state index contributed by atoms with van der Waals surface area (Å²) in [5, 5.41) is 0. The van der Waals surface area contributed by atoms with Gasteiger partial charge < -0.3 is 0 Å². The van der Waals surface area contributed by atoms with Gasteiger partial charge in [-0.05, 0) is 11.9 Å². The van der Waals surface area contributed by atoms with E-state index in [9.17, 15) is 4.79 Å². The minimum atomic E-state index is 0.125. The Labute approximate surface area is 68.5 Å². The molecule has 4 heteroatoms. The molecule has 0 atom stereocenters. The van der Waals surface area contributed by atoms with Crippen molar-refractivity contribution in [3.63, 3.8) is 0 Å². The molecule has 0 N–H and O–H groups in total. The molecule has 0 saturated heterocycles. The van der Waals surface area contributed by atoms with Crippen molar-refractivity contribution in [2.24, 2.45) is 4.40 Å². The predicted molar refractivity (Wildman–Crippen MR) is 44.5 cm³/mol. The fraction of sp³-hybridized carbons (Fsp3) is 0.333. The van der Waals surface area contributed by atoms with E-state index in [1.165, 1.54) is 17.5 Å². The van der Waals surface area contributed by atoms with Gasteiger partial charge in [-0.2, -0.15) is 0 Å². The lowest BCUT2D eigenvalue weighted by molar-refractivity contribution is -0.110. The van der Waals surface area contributed by atoms with Crippen LogP contribution in [-0.4, -0.2) is 17.2 Å². The third-order valence-electron chi connectivity index (χ3n) is 1.09. The van der Waals surface area contributed by atoms with Gasteiger partial charge in [0.15, 0.2) is 5.78 Å². The molecule has 1 rings (SSSR count). The second-order valence-corrected chi connectivity index (χ2v) is 2.78. The zero-order valence-electron chi connectivity index (χ0n) is 5.21. The third kappa shape index (κ3) is 1.85. The summed E-state index contributed by atoms with van der Waals surface area (Å²) in [6.07, 6.45) is 2.28. The highest BCUT2D eigenvalue weighted by atomic mass is 35.5. The van der Waals surface area contributed by atoms with Gasteiger partial charge in [0.1, 0.15) is 0 Å². The first-order chi connectivity index (χ1) is 4.84. The molecule has 10 heavy (non-hydrogen) atoms. The summed E-state index contributed by atoms with van der Waals surface area (Å²) in [6, 6.07) is 0. The summed E-state index contributed by atoms with van der Waals surface area (Å²) in [4.78, 5) is 10.9. The summed E-state index contributed by atoms with van der Waals surface area (Å²) in [7, 11) is 0. The van der Waals surface area contributed by atoms with E-state index >= 15 is 0 Å². The van der Waals surface area contributed by atoms with Gasteiger partial charge >= 0.3 is 0 Å². The molecule has 0 aromatic heterocycles. The fourth-order valence-electron chi connectivity index (χ4n) is 0.610. The van der Waals surface area contributed by atoms with Crippen LogP contribution in [0, 0.1) is 0 Å². The largest absolute Gasteiger partial charge is 0.292 e. The minimum absolute atomic E-state index is 0.125. The molecule has 0 fully saturated rings. The quantitative estimate of drug-likeness (QED) is 0.599. The summed E-state index contributed by atoms with van der Waals surface area (Å²) in [5.74, 6) is 0.616. The second kappa shape index (κ2) is 3.78. The Hall–Kier alpha value is -0.280. The van der Waals surface area contributed by atoms with Gasteiger partial charge in [-0.25, -0.2) is 4.40 Å².